The molecule has 5 nitrogen and oxygen atoms in total. The van der Waals surface area contributed by atoms with E-state index in [9.17, 15) is 4.79 Å². The summed E-state index contributed by atoms with van der Waals surface area (Å²) in [6, 6.07) is 7.49. The van der Waals surface area contributed by atoms with Gasteiger partial charge in [0, 0.05) is 7.05 Å². The van der Waals surface area contributed by atoms with Gasteiger partial charge < -0.3 is 10.1 Å². The number of benzene rings is 1. The molecule has 1 amide bonds. The number of hydrazine groups is 1. The number of nitrogens with one attached hydrogen (secondary N) is 3. The van der Waals surface area contributed by atoms with Gasteiger partial charge in [-0.1, -0.05) is 12.1 Å². The van der Waals surface area contributed by atoms with Crippen LogP contribution in [0.15, 0.2) is 24.3 Å². The van der Waals surface area contributed by atoms with Gasteiger partial charge in [-0.3, -0.25) is 15.6 Å². The van der Waals surface area contributed by atoms with Gasteiger partial charge >= 0.3 is 0 Å². The molecule has 17 heavy (non-hydrogen) atoms. The summed E-state index contributed by atoms with van der Waals surface area (Å²) in [6.07, 6.45) is 0. The minimum atomic E-state index is -0.302. The first-order chi connectivity index (χ1) is 8.11. The Morgan fingerprint density at radius 2 is 2.18 bits per heavy atom. The number of ether oxygens (including phenoxy) is 1. The van der Waals surface area contributed by atoms with Crippen LogP contribution >= 0.6 is 12.2 Å². The molecule has 0 saturated heterocycles. The summed E-state index contributed by atoms with van der Waals surface area (Å²) in [4.78, 5) is 11.3. The van der Waals surface area contributed by atoms with Gasteiger partial charge in [-0.05, 0) is 36.8 Å². The van der Waals surface area contributed by atoms with E-state index in [1.807, 2.05) is 25.1 Å². The number of thiocarbonyl (C=S) groups is 1. The second-order valence-corrected chi connectivity index (χ2v) is 3.77. The lowest BCUT2D eigenvalue weighted by Gasteiger charge is -2.10. The molecule has 0 atom stereocenters. The molecule has 1 aromatic rings. The van der Waals surface area contributed by atoms with E-state index in [4.69, 9.17) is 17.0 Å². The quantitative estimate of drug-likeness (QED) is 0.541. The van der Waals surface area contributed by atoms with E-state index in [1.165, 1.54) is 0 Å². The lowest BCUT2D eigenvalue weighted by Crippen LogP contribution is -2.47. The summed E-state index contributed by atoms with van der Waals surface area (Å²) in [6.45, 7) is 1.89. The highest BCUT2D eigenvalue weighted by atomic mass is 32.1. The summed E-state index contributed by atoms with van der Waals surface area (Å²) in [5.74, 6) is 0.362. The first-order valence-corrected chi connectivity index (χ1v) is 5.48. The number of carbonyl (C=O) groups is 1. The Morgan fingerprint density at radius 3 is 2.82 bits per heavy atom. The van der Waals surface area contributed by atoms with Crippen molar-refractivity contribution < 1.29 is 9.53 Å². The number of hydrogen-bond donors (Lipinski definition) is 3. The van der Waals surface area contributed by atoms with Gasteiger partial charge in [0.1, 0.15) is 5.75 Å². The predicted molar refractivity (Wildman–Crippen MR) is 69.6 cm³/mol. The number of amides is 1. The van der Waals surface area contributed by atoms with Crippen molar-refractivity contribution in [2.45, 2.75) is 6.92 Å². The molecular weight excluding hydrogens is 238 g/mol. The van der Waals surface area contributed by atoms with Crippen LogP contribution in [0.4, 0.5) is 0 Å². The van der Waals surface area contributed by atoms with E-state index in [0.717, 1.165) is 5.56 Å². The van der Waals surface area contributed by atoms with Crippen molar-refractivity contribution in [3.8, 4) is 5.75 Å². The van der Waals surface area contributed by atoms with E-state index in [0.29, 0.717) is 10.9 Å². The fourth-order valence-electron chi connectivity index (χ4n) is 1.08. The highest BCUT2D eigenvalue weighted by Gasteiger charge is 2.02. The summed E-state index contributed by atoms with van der Waals surface area (Å²) in [7, 11) is 1.66. The molecule has 0 radical (unpaired) electrons. The number of hydrogen-bond acceptors (Lipinski definition) is 3. The normalized spacial score (nSPS) is 9.29. The van der Waals surface area contributed by atoms with Crippen LogP contribution in [0.3, 0.4) is 0 Å². The van der Waals surface area contributed by atoms with Crippen molar-refractivity contribution in [1.82, 2.24) is 16.2 Å². The van der Waals surface area contributed by atoms with E-state index in [-0.39, 0.29) is 12.5 Å². The zero-order valence-electron chi connectivity index (χ0n) is 9.74. The molecule has 0 aliphatic rings. The number of aryl methyl sites for hydroxylation is 1. The molecule has 0 fully saturated rings. The third kappa shape index (κ3) is 5.17. The van der Waals surface area contributed by atoms with E-state index < -0.39 is 0 Å². The fourth-order valence-corrected chi connectivity index (χ4v) is 1.13. The van der Waals surface area contributed by atoms with Crippen molar-refractivity contribution in [2.75, 3.05) is 13.7 Å². The van der Waals surface area contributed by atoms with Crippen molar-refractivity contribution in [2.24, 2.45) is 0 Å². The molecule has 0 unspecified atom stereocenters. The average Bonchev–Trinajstić information content (AvgIpc) is 2.33. The predicted octanol–water partition coefficient (Wildman–Crippen LogP) is 0.499. The molecular formula is C11H15N3O2S. The van der Waals surface area contributed by atoms with Crippen LogP contribution < -0.4 is 20.9 Å². The second kappa shape index (κ2) is 6.70. The summed E-state index contributed by atoms with van der Waals surface area (Å²) >= 11 is 4.79. The molecule has 0 aliphatic heterocycles. The molecule has 3 N–H and O–H groups in total. The average molecular weight is 253 g/mol. The summed E-state index contributed by atoms with van der Waals surface area (Å²) in [5.41, 5.74) is 6.00. The molecule has 0 saturated carbocycles. The highest BCUT2D eigenvalue weighted by Crippen LogP contribution is 2.11. The van der Waals surface area contributed by atoms with Crippen LogP contribution in [0.2, 0.25) is 0 Å². The van der Waals surface area contributed by atoms with Crippen LogP contribution in [0.5, 0.6) is 5.75 Å². The zero-order valence-corrected chi connectivity index (χ0v) is 10.6. The van der Waals surface area contributed by atoms with Crippen molar-refractivity contribution in [3.05, 3.63) is 29.8 Å². The fraction of sp³-hybridized carbons (Fsp3) is 0.273. The third-order valence-corrected chi connectivity index (χ3v) is 2.21. The molecule has 6 heteroatoms. The standard InChI is InChI=1S/C11H15N3O2S/c1-8-4-3-5-9(6-8)16-7-10(15)13-14-11(17)12-2/h3-6H,7H2,1-2H3,(H,13,15)(H2,12,14,17). The van der Waals surface area contributed by atoms with Gasteiger partial charge in [-0.25, -0.2) is 0 Å². The van der Waals surface area contributed by atoms with Gasteiger partial charge in [0.2, 0.25) is 0 Å². The van der Waals surface area contributed by atoms with E-state index in [1.54, 1.807) is 13.1 Å². The SMILES string of the molecule is CNC(=S)NNC(=O)COc1cccc(C)c1. The van der Waals surface area contributed by atoms with Crippen LogP contribution in [-0.4, -0.2) is 24.7 Å². The van der Waals surface area contributed by atoms with Crippen molar-refractivity contribution >= 4 is 23.2 Å². The monoisotopic (exact) mass is 253 g/mol. The number of carbonyl (C=O) groups excluding carboxylic acids is 1. The van der Waals surface area contributed by atoms with E-state index in [2.05, 4.69) is 16.2 Å². The van der Waals surface area contributed by atoms with E-state index >= 15 is 0 Å². The Kier molecular flexibility index (Phi) is 5.22. The molecule has 0 bridgehead atoms. The maximum atomic E-state index is 11.3. The molecule has 1 aromatic carbocycles. The molecule has 0 heterocycles. The molecule has 1 rings (SSSR count). The summed E-state index contributed by atoms with van der Waals surface area (Å²) in [5, 5.41) is 3.01. The Labute approximate surface area is 106 Å². The van der Waals surface area contributed by atoms with Crippen LogP contribution in [0.25, 0.3) is 0 Å². The highest BCUT2D eigenvalue weighted by molar-refractivity contribution is 7.80. The summed E-state index contributed by atoms with van der Waals surface area (Å²) < 4.78 is 5.30. The largest absolute Gasteiger partial charge is 0.484 e. The zero-order chi connectivity index (χ0) is 12.7. The molecule has 92 valence electrons. The maximum absolute atomic E-state index is 11.3. The first kappa shape index (κ1) is 13.2. The number of rotatable bonds is 3. The van der Waals surface area contributed by atoms with Gasteiger partial charge in [0.15, 0.2) is 11.7 Å². The second-order valence-electron chi connectivity index (χ2n) is 3.36. The molecule has 0 spiro atoms. The maximum Gasteiger partial charge on any atom is 0.276 e. The van der Waals surface area contributed by atoms with Crippen LogP contribution in [0, 0.1) is 6.92 Å². The van der Waals surface area contributed by atoms with Crippen molar-refractivity contribution in [1.29, 1.82) is 0 Å². The van der Waals surface area contributed by atoms with Gasteiger partial charge in [-0.15, -0.1) is 0 Å². The molecule has 0 aromatic heterocycles. The Bertz CT molecular complexity index is 409. The lowest BCUT2D eigenvalue weighted by atomic mass is 10.2. The molecule has 0 aliphatic carbocycles. The lowest BCUT2D eigenvalue weighted by molar-refractivity contribution is -0.123. The van der Waals surface area contributed by atoms with Gasteiger partial charge in [-0.2, -0.15) is 0 Å². The van der Waals surface area contributed by atoms with Crippen LogP contribution in [-0.2, 0) is 4.79 Å². The minimum Gasteiger partial charge on any atom is -0.484 e. The smallest absolute Gasteiger partial charge is 0.276 e. The Balaban J connectivity index is 2.31. The minimum absolute atomic E-state index is 0.0667. The van der Waals surface area contributed by atoms with Crippen LogP contribution in [0.1, 0.15) is 5.56 Å². The Morgan fingerprint density at radius 1 is 1.41 bits per heavy atom. The Hall–Kier alpha value is -1.82. The topological polar surface area (TPSA) is 62.4 Å². The van der Waals surface area contributed by atoms with Gasteiger partial charge in [0.25, 0.3) is 5.91 Å². The first-order valence-electron chi connectivity index (χ1n) is 5.08. The van der Waals surface area contributed by atoms with Crippen molar-refractivity contribution in [3.63, 3.8) is 0 Å². The third-order valence-electron chi connectivity index (χ3n) is 1.90. The van der Waals surface area contributed by atoms with Gasteiger partial charge in [0.05, 0.1) is 0 Å².